The minimum Gasteiger partial charge on any atom is -0.447 e. The van der Waals surface area contributed by atoms with Crippen LogP contribution < -0.4 is 5.73 Å². The molecule has 11 heteroatoms. The van der Waals surface area contributed by atoms with Crippen LogP contribution in [0.1, 0.15) is 23.2 Å². The maximum absolute atomic E-state index is 12.4. The first-order valence-corrected chi connectivity index (χ1v) is 7.92. The Hall–Kier alpha value is -2.37. The van der Waals surface area contributed by atoms with Gasteiger partial charge in [-0.05, 0) is 11.1 Å². The highest BCUT2D eigenvalue weighted by atomic mass is 32.3. The molecule has 0 saturated carbocycles. The number of ether oxygens (including phenoxy) is 1. The monoisotopic (exact) mass is 343 g/mol. The van der Waals surface area contributed by atoms with E-state index in [0.717, 1.165) is 0 Å². The van der Waals surface area contributed by atoms with Gasteiger partial charge in [-0.1, -0.05) is 24.3 Å². The predicted molar refractivity (Wildman–Crippen MR) is 74.0 cm³/mol. The van der Waals surface area contributed by atoms with Crippen molar-refractivity contribution in [2.75, 3.05) is 13.2 Å². The van der Waals surface area contributed by atoms with Crippen molar-refractivity contribution in [3.05, 3.63) is 35.4 Å². The summed E-state index contributed by atoms with van der Waals surface area (Å²) in [4.78, 5) is 24.5. The van der Waals surface area contributed by atoms with E-state index in [9.17, 15) is 18.0 Å². The van der Waals surface area contributed by atoms with Gasteiger partial charge in [-0.3, -0.25) is 4.55 Å². The summed E-state index contributed by atoms with van der Waals surface area (Å²) in [5.74, 6) is 0. The van der Waals surface area contributed by atoms with Crippen molar-refractivity contribution < 1.29 is 31.6 Å². The summed E-state index contributed by atoms with van der Waals surface area (Å²) in [6.45, 7) is -0.0529. The fraction of sp³-hybridized carbons (Fsp3) is 0.333. The second kappa shape index (κ2) is 5.37. The Morgan fingerprint density at radius 2 is 2.00 bits per heavy atom. The van der Waals surface area contributed by atoms with Gasteiger partial charge in [0.25, 0.3) is 0 Å². The van der Waals surface area contributed by atoms with Crippen LogP contribution in [-0.2, 0) is 19.4 Å². The Bertz CT molecular complexity index is 766. The number of urea groups is 1. The van der Waals surface area contributed by atoms with Crippen molar-refractivity contribution in [2.45, 2.75) is 12.1 Å². The van der Waals surface area contributed by atoms with E-state index in [1.807, 2.05) is 0 Å². The van der Waals surface area contributed by atoms with Crippen molar-refractivity contribution in [1.82, 2.24) is 9.96 Å². The van der Waals surface area contributed by atoms with Crippen LogP contribution in [0.4, 0.5) is 9.59 Å². The van der Waals surface area contributed by atoms with E-state index in [1.165, 1.54) is 4.90 Å². The molecule has 0 aliphatic carbocycles. The lowest BCUT2D eigenvalue weighted by Gasteiger charge is -2.32. The zero-order valence-corrected chi connectivity index (χ0v) is 12.5. The molecule has 2 atom stereocenters. The van der Waals surface area contributed by atoms with Crippen molar-refractivity contribution in [1.29, 1.82) is 0 Å². The van der Waals surface area contributed by atoms with E-state index >= 15 is 0 Å². The maximum atomic E-state index is 12.4. The van der Waals surface area contributed by atoms with E-state index in [0.29, 0.717) is 16.2 Å². The Balaban J connectivity index is 1.99. The summed E-state index contributed by atoms with van der Waals surface area (Å²) in [5.41, 5.74) is 6.28. The molecule has 1 aromatic carbocycles. The minimum absolute atomic E-state index is 0.123. The summed E-state index contributed by atoms with van der Waals surface area (Å²) in [6.07, 6.45) is -0.984. The number of nitrogens with two attached hydrogens (primary N) is 1. The van der Waals surface area contributed by atoms with Crippen LogP contribution >= 0.6 is 0 Å². The number of fused-ring (bicyclic) bond motifs is 4. The molecule has 3 amide bonds. The summed E-state index contributed by atoms with van der Waals surface area (Å²) in [6, 6.07) is 4.79. The summed E-state index contributed by atoms with van der Waals surface area (Å²) < 4.78 is 40.0. The molecule has 0 aromatic heterocycles. The molecule has 2 heterocycles. The molecule has 2 aliphatic heterocycles. The predicted octanol–water partition coefficient (Wildman–Crippen LogP) is 0.350. The number of carbonyl (C=O) groups excluding carboxylic acids is 2. The molecular formula is C12H13N3O7S. The number of amides is 3. The molecule has 3 rings (SSSR count). The quantitative estimate of drug-likeness (QED) is 0.752. The van der Waals surface area contributed by atoms with Crippen molar-refractivity contribution in [2.24, 2.45) is 5.73 Å². The molecule has 1 aromatic rings. The highest BCUT2D eigenvalue weighted by molar-refractivity contribution is 7.80. The van der Waals surface area contributed by atoms with Gasteiger partial charge in [0.1, 0.15) is 12.6 Å². The van der Waals surface area contributed by atoms with E-state index in [4.69, 9.17) is 15.0 Å². The first kappa shape index (κ1) is 15.5. The van der Waals surface area contributed by atoms with Crippen molar-refractivity contribution in [3.63, 3.8) is 0 Å². The highest BCUT2D eigenvalue weighted by Crippen LogP contribution is 2.44. The molecule has 3 N–H and O–H groups in total. The lowest BCUT2D eigenvalue weighted by molar-refractivity contribution is -0.0317. The van der Waals surface area contributed by atoms with Crippen LogP contribution in [-0.4, -0.2) is 48.2 Å². The van der Waals surface area contributed by atoms with E-state index in [-0.39, 0.29) is 13.2 Å². The average molecular weight is 343 g/mol. The largest absolute Gasteiger partial charge is 0.447 e. The zero-order chi connectivity index (χ0) is 16.8. The van der Waals surface area contributed by atoms with Crippen LogP contribution in [0, 0.1) is 0 Å². The standard InChI is InChI=1S/C12H13N3O7S/c13-11(16)21-6-10-8-4-2-1-3-7(8)9-5-14(10)12(17)15(9)22-23(18,19)20/h1-4,9-10H,5-6H2,(H2,13,16)(H,18,19,20)/t9-,10-/m0/s1. The molecular weight excluding hydrogens is 330 g/mol. The third-order valence-corrected chi connectivity index (χ3v) is 4.08. The molecule has 0 spiro atoms. The van der Waals surface area contributed by atoms with Gasteiger partial charge in [-0.25, -0.2) is 9.59 Å². The van der Waals surface area contributed by atoms with Gasteiger partial charge in [-0.15, -0.1) is 4.28 Å². The van der Waals surface area contributed by atoms with E-state index in [2.05, 4.69) is 4.28 Å². The normalized spacial score (nSPS) is 22.9. The number of hydrogen-bond acceptors (Lipinski definition) is 6. The fourth-order valence-corrected chi connectivity index (χ4v) is 3.27. The Morgan fingerprint density at radius 3 is 2.61 bits per heavy atom. The third-order valence-electron chi connectivity index (χ3n) is 3.74. The molecule has 1 fully saturated rings. The van der Waals surface area contributed by atoms with Crippen LogP contribution in [0.5, 0.6) is 0 Å². The van der Waals surface area contributed by atoms with Crippen molar-refractivity contribution in [3.8, 4) is 0 Å². The third kappa shape index (κ3) is 2.81. The van der Waals surface area contributed by atoms with Crippen LogP contribution in [0.2, 0.25) is 0 Å². The Morgan fingerprint density at radius 1 is 1.35 bits per heavy atom. The number of primary amides is 1. The van der Waals surface area contributed by atoms with Crippen molar-refractivity contribution >= 4 is 22.5 Å². The van der Waals surface area contributed by atoms with E-state index in [1.54, 1.807) is 24.3 Å². The van der Waals surface area contributed by atoms with Gasteiger partial charge in [0, 0.05) is 0 Å². The zero-order valence-electron chi connectivity index (χ0n) is 11.7. The lowest BCUT2D eigenvalue weighted by Crippen LogP contribution is -2.37. The van der Waals surface area contributed by atoms with Gasteiger partial charge in [-0.2, -0.15) is 13.5 Å². The number of carbonyl (C=O) groups is 2. The maximum Gasteiger partial charge on any atom is 0.418 e. The molecule has 1 saturated heterocycles. The number of benzene rings is 1. The topological polar surface area (TPSA) is 139 Å². The average Bonchev–Trinajstić information content (AvgIpc) is 2.73. The summed E-state index contributed by atoms with van der Waals surface area (Å²) in [5, 5.41) is 0.596. The first-order valence-electron chi connectivity index (χ1n) is 6.56. The summed E-state index contributed by atoms with van der Waals surface area (Å²) in [7, 11) is -4.85. The lowest BCUT2D eigenvalue weighted by atomic mass is 9.91. The Labute approximate surface area is 131 Å². The van der Waals surface area contributed by atoms with Crippen LogP contribution in [0.15, 0.2) is 24.3 Å². The molecule has 2 aliphatic rings. The summed E-state index contributed by atoms with van der Waals surface area (Å²) >= 11 is 0. The molecule has 23 heavy (non-hydrogen) atoms. The second-order valence-electron chi connectivity index (χ2n) is 5.05. The fourth-order valence-electron chi connectivity index (χ4n) is 2.90. The van der Waals surface area contributed by atoms with Gasteiger partial charge < -0.3 is 15.4 Å². The molecule has 124 valence electrons. The van der Waals surface area contributed by atoms with E-state index < -0.39 is 34.6 Å². The van der Waals surface area contributed by atoms with Gasteiger partial charge in [0.05, 0.1) is 12.6 Å². The van der Waals surface area contributed by atoms with Crippen LogP contribution in [0.3, 0.4) is 0 Å². The van der Waals surface area contributed by atoms with Gasteiger partial charge in [0.2, 0.25) is 0 Å². The van der Waals surface area contributed by atoms with Gasteiger partial charge in [0.15, 0.2) is 0 Å². The molecule has 10 nitrogen and oxygen atoms in total. The number of hydrogen-bond donors (Lipinski definition) is 2. The smallest absolute Gasteiger partial charge is 0.418 e. The number of rotatable bonds is 4. The SMILES string of the molecule is NC(=O)OC[C@H]1c2ccccc2[C@@H]2CN1C(=O)N2OS(=O)(=O)O. The molecule has 2 bridgehead atoms. The first-order chi connectivity index (χ1) is 10.8. The molecule has 0 unspecified atom stereocenters. The highest BCUT2D eigenvalue weighted by Gasteiger charge is 2.50. The Kier molecular flexibility index (Phi) is 3.62. The molecule has 0 radical (unpaired) electrons. The van der Waals surface area contributed by atoms with Gasteiger partial charge >= 0.3 is 22.5 Å². The number of nitrogens with zero attached hydrogens (tertiary/aromatic N) is 2. The van der Waals surface area contributed by atoms with Crippen LogP contribution in [0.25, 0.3) is 0 Å². The number of hydroxylamine groups is 2. The minimum atomic E-state index is -4.85. The second-order valence-corrected chi connectivity index (χ2v) is 6.06.